The van der Waals surface area contributed by atoms with Crippen molar-refractivity contribution in [1.82, 2.24) is 5.32 Å². The van der Waals surface area contributed by atoms with Crippen molar-refractivity contribution in [1.29, 1.82) is 0 Å². The maximum absolute atomic E-state index is 11.6. The van der Waals surface area contributed by atoms with Crippen molar-refractivity contribution in [2.75, 3.05) is 5.75 Å². The van der Waals surface area contributed by atoms with Gasteiger partial charge in [-0.25, -0.2) is 0 Å². The van der Waals surface area contributed by atoms with Crippen molar-refractivity contribution < 1.29 is 9.21 Å². The van der Waals surface area contributed by atoms with Crippen LogP contribution in [0.1, 0.15) is 25.5 Å². The van der Waals surface area contributed by atoms with E-state index in [1.165, 1.54) is 11.8 Å². The summed E-state index contributed by atoms with van der Waals surface area (Å²) < 4.78 is 5.13. The van der Waals surface area contributed by atoms with E-state index >= 15 is 0 Å². The van der Waals surface area contributed by atoms with E-state index in [9.17, 15) is 4.79 Å². The molecule has 1 aromatic rings. The molecule has 0 saturated heterocycles. The summed E-state index contributed by atoms with van der Waals surface area (Å²) in [5.41, 5.74) is 0. The highest BCUT2D eigenvalue weighted by Crippen LogP contribution is 2.32. The molecular formula is C11H15N5O2S. The molecule has 1 aliphatic rings. The summed E-state index contributed by atoms with van der Waals surface area (Å²) in [6.45, 7) is 2.27. The third-order valence-electron chi connectivity index (χ3n) is 2.46. The molecular weight excluding hydrogens is 266 g/mol. The fourth-order valence-corrected chi connectivity index (χ4v) is 2.33. The van der Waals surface area contributed by atoms with E-state index in [-0.39, 0.29) is 5.91 Å². The number of amides is 1. The van der Waals surface area contributed by atoms with Gasteiger partial charge in [-0.3, -0.25) is 4.79 Å². The molecule has 1 amide bonds. The Balaban J connectivity index is 1.57. The number of furan rings is 1. The lowest BCUT2D eigenvalue weighted by molar-refractivity contribution is -0.121. The third kappa shape index (κ3) is 4.47. The molecule has 0 aromatic carbocycles. The van der Waals surface area contributed by atoms with Crippen LogP contribution in [0.4, 0.5) is 0 Å². The van der Waals surface area contributed by atoms with Crippen LogP contribution in [0, 0.1) is 0 Å². The van der Waals surface area contributed by atoms with E-state index in [0.29, 0.717) is 13.0 Å². The first kappa shape index (κ1) is 13.7. The predicted octanol–water partition coefficient (Wildman–Crippen LogP) is 2.92. The summed E-state index contributed by atoms with van der Waals surface area (Å²) in [4.78, 5) is 11.0. The van der Waals surface area contributed by atoms with Gasteiger partial charge in [-0.2, -0.15) is 0 Å². The van der Waals surface area contributed by atoms with Crippen molar-refractivity contribution >= 4 is 17.7 Å². The summed E-state index contributed by atoms with van der Waals surface area (Å²) in [6.07, 6.45) is 2.82. The van der Waals surface area contributed by atoms with E-state index in [2.05, 4.69) is 26.0 Å². The maximum Gasteiger partial charge on any atom is 0.237 e. The van der Waals surface area contributed by atoms with Gasteiger partial charge in [-0.15, -0.1) is 22.0 Å². The largest absolute Gasteiger partial charge is 0.467 e. The minimum atomic E-state index is -0.607. The molecule has 19 heavy (non-hydrogen) atoms. The molecule has 0 unspecified atom stereocenters. The van der Waals surface area contributed by atoms with Crippen molar-refractivity contribution in [2.45, 2.75) is 31.3 Å². The van der Waals surface area contributed by atoms with Crippen LogP contribution in [0.25, 0.3) is 0 Å². The number of nitrogens with one attached hydrogen (secondary N) is 1. The number of hydrogen-bond acceptors (Lipinski definition) is 7. The maximum atomic E-state index is 11.6. The second-order valence-electron chi connectivity index (χ2n) is 4.12. The number of nitrogens with zero attached hydrogens (tertiary/aromatic N) is 4. The number of hydrogen-bond donors (Lipinski definition) is 1. The molecule has 1 N–H and O–H groups in total. The van der Waals surface area contributed by atoms with E-state index in [0.717, 1.165) is 17.9 Å². The Kier molecular flexibility index (Phi) is 4.67. The summed E-state index contributed by atoms with van der Waals surface area (Å²) in [7, 11) is 0. The van der Waals surface area contributed by atoms with Gasteiger partial charge in [0.1, 0.15) is 5.76 Å². The van der Waals surface area contributed by atoms with Crippen LogP contribution in [-0.2, 0) is 11.3 Å². The Morgan fingerprint density at radius 2 is 2.26 bits per heavy atom. The summed E-state index contributed by atoms with van der Waals surface area (Å²) in [6, 6.07) is 3.62. The number of carbonyl (C=O) groups is 1. The van der Waals surface area contributed by atoms with Gasteiger partial charge in [0.25, 0.3) is 0 Å². The molecule has 8 heteroatoms. The molecule has 0 aliphatic carbocycles. The van der Waals surface area contributed by atoms with Gasteiger partial charge in [-0.1, -0.05) is 0 Å². The van der Waals surface area contributed by atoms with Crippen LogP contribution in [0.2, 0.25) is 0 Å². The monoisotopic (exact) mass is 281 g/mol. The Hall–Kier alpha value is -1.70. The standard InChI is InChI=1S/C11H15N5O2S/c1-11(13-15-16-14-11)19-7-3-5-10(17)12-8-9-4-2-6-18-9/h2,4,6H,3,5,7-8H2,1H3,(H,12,17). The van der Waals surface area contributed by atoms with Crippen LogP contribution in [-0.4, -0.2) is 16.7 Å². The molecule has 0 spiro atoms. The minimum Gasteiger partial charge on any atom is -0.467 e. The van der Waals surface area contributed by atoms with Gasteiger partial charge < -0.3 is 9.73 Å². The topological polar surface area (TPSA) is 91.7 Å². The summed E-state index contributed by atoms with van der Waals surface area (Å²) >= 11 is 1.52. The van der Waals surface area contributed by atoms with Gasteiger partial charge in [-0.05, 0) is 41.7 Å². The average Bonchev–Trinajstić information content (AvgIpc) is 3.04. The first-order valence-corrected chi connectivity index (χ1v) is 6.94. The van der Waals surface area contributed by atoms with Crippen LogP contribution >= 0.6 is 11.8 Å². The SMILES string of the molecule is CC1(SCCCC(=O)NCc2ccco2)N=NN=N1. The zero-order chi connectivity index (χ0) is 13.6. The molecule has 0 fully saturated rings. The van der Waals surface area contributed by atoms with E-state index < -0.39 is 4.99 Å². The molecule has 7 nitrogen and oxygen atoms in total. The molecule has 0 atom stereocenters. The highest BCUT2D eigenvalue weighted by Gasteiger charge is 2.26. The quantitative estimate of drug-likeness (QED) is 0.779. The number of rotatable bonds is 7. The first-order valence-electron chi connectivity index (χ1n) is 5.95. The summed E-state index contributed by atoms with van der Waals surface area (Å²) in [5, 5.41) is 17.6. The summed E-state index contributed by atoms with van der Waals surface area (Å²) in [5.74, 6) is 1.54. The van der Waals surface area contributed by atoms with Crippen LogP contribution < -0.4 is 5.32 Å². The lowest BCUT2D eigenvalue weighted by atomic mass is 10.3. The van der Waals surface area contributed by atoms with Crippen LogP contribution in [0.15, 0.2) is 43.5 Å². The molecule has 1 aromatic heterocycles. The Morgan fingerprint density at radius 3 is 2.95 bits per heavy atom. The number of thioether (sulfide) groups is 1. The van der Waals surface area contributed by atoms with E-state index in [4.69, 9.17) is 4.42 Å². The van der Waals surface area contributed by atoms with Crippen molar-refractivity contribution in [3.8, 4) is 0 Å². The number of carbonyl (C=O) groups excluding carboxylic acids is 1. The average molecular weight is 281 g/mol. The Labute approximate surface area is 114 Å². The fraction of sp³-hybridized carbons (Fsp3) is 0.545. The highest BCUT2D eigenvalue weighted by atomic mass is 32.2. The normalized spacial score (nSPS) is 15.8. The Morgan fingerprint density at radius 1 is 1.47 bits per heavy atom. The second kappa shape index (κ2) is 6.46. The zero-order valence-electron chi connectivity index (χ0n) is 10.6. The molecule has 1 aliphatic heterocycles. The molecule has 102 valence electrons. The van der Waals surface area contributed by atoms with Crippen molar-refractivity contribution in [3.63, 3.8) is 0 Å². The molecule has 2 heterocycles. The van der Waals surface area contributed by atoms with E-state index in [1.54, 1.807) is 12.3 Å². The fourth-order valence-electron chi connectivity index (χ4n) is 1.47. The van der Waals surface area contributed by atoms with Crippen LogP contribution in [0.3, 0.4) is 0 Å². The predicted molar refractivity (Wildman–Crippen MR) is 70.4 cm³/mol. The highest BCUT2D eigenvalue weighted by molar-refractivity contribution is 8.00. The lowest BCUT2D eigenvalue weighted by Gasteiger charge is -2.12. The van der Waals surface area contributed by atoms with Gasteiger partial charge >= 0.3 is 0 Å². The van der Waals surface area contributed by atoms with Crippen molar-refractivity contribution in [2.24, 2.45) is 20.7 Å². The minimum absolute atomic E-state index is 0.0110. The molecule has 0 radical (unpaired) electrons. The smallest absolute Gasteiger partial charge is 0.237 e. The third-order valence-corrected chi connectivity index (χ3v) is 3.67. The second-order valence-corrected chi connectivity index (χ2v) is 5.59. The van der Waals surface area contributed by atoms with Gasteiger partial charge in [0.2, 0.25) is 10.9 Å². The lowest BCUT2D eigenvalue weighted by Crippen LogP contribution is -2.22. The first-order chi connectivity index (χ1) is 9.18. The van der Waals surface area contributed by atoms with Crippen molar-refractivity contribution in [3.05, 3.63) is 24.2 Å². The van der Waals surface area contributed by atoms with Gasteiger partial charge in [0.05, 0.1) is 12.8 Å². The van der Waals surface area contributed by atoms with E-state index in [1.807, 2.05) is 13.0 Å². The molecule has 0 saturated carbocycles. The molecule has 0 bridgehead atoms. The zero-order valence-corrected chi connectivity index (χ0v) is 11.4. The molecule has 2 rings (SSSR count). The van der Waals surface area contributed by atoms with Gasteiger partial charge in [0, 0.05) is 6.42 Å². The Bertz CT molecular complexity index is 459. The van der Waals surface area contributed by atoms with Gasteiger partial charge in [0.15, 0.2) is 0 Å². The van der Waals surface area contributed by atoms with Crippen LogP contribution in [0.5, 0.6) is 0 Å².